The number of hydrogen-bond acceptors (Lipinski definition) is 4. The van der Waals surface area contributed by atoms with Gasteiger partial charge in [-0.2, -0.15) is 0 Å². The first-order chi connectivity index (χ1) is 16.1. The van der Waals surface area contributed by atoms with Crippen molar-refractivity contribution in [2.45, 2.75) is 56.2 Å². The Kier molecular flexibility index (Phi) is 6.36. The van der Waals surface area contributed by atoms with Gasteiger partial charge in [0.15, 0.2) is 6.61 Å². The number of benzene rings is 2. The highest BCUT2D eigenvalue weighted by atomic mass is 16.5. The van der Waals surface area contributed by atoms with Crippen molar-refractivity contribution in [3.63, 3.8) is 0 Å². The lowest BCUT2D eigenvalue weighted by molar-refractivity contribution is -0.149. The molecule has 0 N–H and O–H groups in total. The Balaban J connectivity index is 1.19. The van der Waals surface area contributed by atoms with Crippen molar-refractivity contribution >= 4 is 11.8 Å². The third-order valence-electron chi connectivity index (χ3n) is 7.19. The zero-order chi connectivity index (χ0) is 22.7. The number of carbonyl (C=O) groups is 2. The monoisotopic (exact) mass is 448 g/mol. The molecule has 174 valence electrons. The Morgan fingerprint density at radius 3 is 2.27 bits per heavy atom. The molecule has 2 aromatic rings. The van der Waals surface area contributed by atoms with Gasteiger partial charge in [0.25, 0.3) is 11.8 Å². The van der Waals surface area contributed by atoms with E-state index in [4.69, 9.17) is 9.47 Å². The number of likely N-dealkylation sites (tertiary alicyclic amines) is 1. The molecule has 2 saturated heterocycles. The van der Waals surface area contributed by atoms with Crippen molar-refractivity contribution in [1.82, 2.24) is 9.80 Å². The molecule has 33 heavy (non-hydrogen) atoms. The van der Waals surface area contributed by atoms with E-state index in [1.54, 1.807) is 0 Å². The van der Waals surface area contributed by atoms with Crippen LogP contribution in [0.4, 0.5) is 0 Å². The predicted molar refractivity (Wildman–Crippen MR) is 125 cm³/mol. The summed E-state index contributed by atoms with van der Waals surface area (Å²) in [5, 5.41) is 0. The van der Waals surface area contributed by atoms with E-state index in [1.165, 1.54) is 0 Å². The van der Waals surface area contributed by atoms with Crippen LogP contribution in [-0.4, -0.2) is 65.6 Å². The third-order valence-corrected chi connectivity index (χ3v) is 7.19. The van der Waals surface area contributed by atoms with Crippen LogP contribution in [0.25, 0.3) is 0 Å². The summed E-state index contributed by atoms with van der Waals surface area (Å²) in [7, 11) is 0. The quantitative estimate of drug-likeness (QED) is 0.672. The highest BCUT2D eigenvalue weighted by Crippen LogP contribution is 2.40. The molecule has 2 aliphatic heterocycles. The topological polar surface area (TPSA) is 59.1 Å². The van der Waals surface area contributed by atoms with Crippen molar-refractivity contribution in [2.24, 2.45) is 0 Å². The van der Waals surface area contributed by atoms with Crippen LogP contribution in [0, 0.1) is 0 Å². The largest absolute Gasteiger partial charge is 0.484 e. The van der Waals surface area contributed by atoms with Crippen LogP contribution in [0.15, 0.2) is 60.7 Å². The molecule has 6 nitrogen and oxygen atoms in total. The first-order valence-electron chi connectivity index (χ1n) is 12.1. The van der Waals surface area contributed by atoms with Gasteiger partial charge < -0.3 is 19.3 Å². The zero-order valence-corrected chi connectivity index (χ0v) is 19.0. The van der Waals surface area contributed by atoms with E-state index >= 15 is 0 Å². The lowest BCUT2D eigenvalue weighted by atomic mass is 9.81. The fraction of sp³-hybridized carbons (Fsp3) is 0.481. The summed E-state index contributed by atoms with van der Waals surface area (Å²) in [6, 6.07) is 19.6. The van der Waals surface area contributed by atoms with Crippen LogP contribution in [0.3, 0.4) is 0 Å². The Bertz CT molecular complexity index is 953. The molecule has 6 heteroatoms. The molecule has 5 rings (SSSR count). The molecule has 3 fully saturated rings. The van der Waals surface area contributed by atoms with E-state index < -0.39 is 0 Å². The first-order valence-corrected chi connectivity index (χ1v) is 12.1. The van der Waals surface area contributed by atoms with Crippen molar-refractivity contribution in [1.29, 1.82) is 0 Å². The lowest BCUT2D eigenvalue weighted by Crippen LogP contribution is -2.56. The molecular formula is C27H32N2O4. The van der Waals surface area contributed by atoms with E-state index in [9.17, 15) is 9.59 Å². The van der Waals surface area contributed by atoms with Crippen molar-refractivity contribution in [3.8, 4) is 5.75 Å². The van der Waals surface area contributed by atoms with Crippen molar-refractivity contribution in [2.75, 3.05) is 26.3 Å². The average Bonchev–Trinajstić information content (AvgIpc) is 3.70. The van der Waals surface area contributed by atoms with E-state index in [1.807, 2.05) is 65.6 Å². The predicted octanol–water partition coefficient (Wildman–Crippen LogP) is 3.91. The Hall–Kier alpha value is -2.86. The van der Waals surface area contributed by atoms with Gasteiger partial charge >= 0.3 is 0 Å². The summed E-state index contributed by atoms with van der Waals surface area (Å²) in [6.07, 6.45) is 5.52. The van der Waals surface area contributed by atoms with Crippen LogP contribution in [0.1, 0.15) is 48.9 Å². The van der Waals surface area contributed by atoms with Crippen LogP contribution >= 0.6 is 0 Å². The summed E-state index contributed by atoms with van der Waals surface area (Å²) < 4.78 is 12.0. The molecule has 1 spiro atoms. The molecular weight excluding hydrogens is 416 g/mol. The second-order valence-corrected chi connectivity index (χ2v) is 9.47. The second-order valence-electron chi connectivity index (χ2n) is 9.47. The molecule has 2 heterocycles. The minimum absolute atomic E-state index is 0.0138. The van der Waals surface area contributed by atoms with Crippen LogP contribution in [0.2, 0.25) is 0 Å². The second kappa shape index (κ2) is 9.56. The van der Waals surface area contributed by atoms with Crippen molar-refractivity contribution < 1.29 is 19.1 Å². The SMILES string of the molecule is O=C(COc1ccccc1)N1CCC2(CC1)CC(N(C(=O)c1ccccc1)C1CC1)CCO2. The van der Waals surface area contributed by atoms with Gasteiger partial charge in [0.1, 0.15) is 5.75 Å². The number of nitrogens with zero attached hydrogens (tertiary/aromatic N) is 2. The number of rotatable bonds is 6. The van der Waals surface area contributed by atoms with Gasteiger partial charge in [-0.15, -0.1) is 0 Å². The molecule has 3 aliphatic rings. The number of hydrogen-bond donors (Lipinski definition) is 0. The number of para-hydroxylation sites is 1. The maximum absolute atomic E-state index is 13.3. The molecule has 1 saturated carbocycles. The molecule has 0 radical (unpaired) electrons. The van der Waals surface area contributed by atoms with Gasteiger partial charge in [0.2, 0.25) is 0 Å². The van der Waals surface area contributed by atoms with Crippen LogP contribution in [0.5, 0.6) is 5.75 Å². The first kappa shape index (κ1) is 22.0. The van der Waals surface area contributed by atoms with Gasteiger partial charge in [-0.25, -0.2) is 0 Å². The van der Waals surface area contributed by atoms with Gasteiger partial charge in [0, 0.05) is 37.3 Å². The van der Waals surface area contributed by atoms with E-state index in [2.05, 4.69) is 4.90 Å². The maximum atomic E-state index is 13.3. The zero-order valence-electron chi connectivity index (χ0n) is 19.0. The molecule has 2 aromatic carbocycles. The summed E-state index contributed by atoms with van der Waals surface area (Å²) >= 11 is 0. The summed E-state index contributed by atoms with van der Waals surface area (Å²) in [6.45, 7) is 2.06. The standard InChI is InChI=1S/C27H32N2O4/c30-25(20-32-24-9-5-2-6-10-24)28-16-14-27(15-17-28)19-23(13-18-33-27)29(22-11-12-22)26(31)21-7-3-1-4-8-21/h1-10,22-23H,11-20H2. The van der Waals surface area contributed by atoms with E-state index in [0.717, 1.165) is 44.1 Å². The Morgan fingerprint density at radius 2 is 1.61 bits per heavy atom. The fourth-order valence-corrected chi connectivity index (χ4v) is 5.22. The van der Waals surface area contributed by atoms with Crippen molar-refractivity contribution in [3.05, 3.63) is 66.2 Å². The van der Waals surface area contributed by atoms with Crippen LogP contribution in [-0.2, 0) is 9.53 Å². The average molecular weight is 449 g/mol. The summed E-state index contributed by atoms with van der Waals surface area (Å²) in [5.41, 5.74) is 0.521. The molecule has 0 bridgehead atoms. The van der Waals surface area contributed by atoms with E-state index in [-0.39, 0.29) is 30.1 Å². The number of piperidine rings is 1. The summed E-state index contributed by atoms with van der Waals surface area (Å²) in [4.78, 5) is 30.0. The molecule has 1 unspecified atom stereocenters. The van der Waals surface area contributed by atoms with Crippen LogP contribution < -0.4 is 4.74 Å². The molecule has 2 amide bonds. The van der Waals surface area contributed by atoms with Gasteiger partial charge in [-0.05, 0) is 62.8 Å². The lowest BCUT2D eigenvalue weighted by Gasteiger charge is -2.48. The minimum atomic E-state index is -0.246. The van der Waals surface area contributed by atoms with Gasteiger partial charge in [-0.3, -0.25) is 9.59 Å². The van der Waals surface area contributed by atoms with E-state index in [0.29, 0.717) is 31.5 Å². The maximum Gasteiger partial charge on any atom is 0.260 e. The number of carbonyl (C=O) groups excluding carboxylic acids is 2. The highest BCUT2D eigenvalue weighted by molar-refractivity contribution is 5.94. The van der Waals surface area contributed by atoms with Gasteiger partial charge in [-0.1, -0.05) is 36.4 Å². The highest BCUT2D eigenvalue weighted by Gasteiger charge is 2.46. The minimum Gasteiger partial charge on any atom is -0.484 e. The smallest absolute Gasteiger partial charge is 0.260 e. The summed E-state index contributed by atoms with van der Waals surface area (Å²) in [5.74, 6) is 0.867. The molecule has 1 atom stereocenters. The number of ether oxygens (including phenoxy) is 2. The molecule has 1 aliphatic carbocycles. The Labute approximate surface area is 195 Å². The normalized spacial score (nSPS) is 22.1. The fourth-order valence-electron chi connectivity index (χ4n) is 5.22. The molecule has 0 aromatic heterocycles. The Morgan fingerprint density at radius 1 is 0.939 bits per heavy atom. The third kappa shape index (κ3) is 5.06. The number of amides is 2. The van der Waals surface area contributed by atoms with Gasteiger partial charge in [0.05, 0.1) is 5.60 Å².